The molecule has 6 heteroatoms. The highest BCUT2D eigenvalue weighted by Crippen LogP contribution is 2.10. The third-order valence-corrected chi connectivity index (χ3v) is 2.49. The highest BCUT2D eigenvalue weighted by Gasteiger charge is 2.01. The second kappa shape index (κ2) is 4.25. The van der Waals surface area contributed by atoms with E-state index in [2.05, 4.69) is 25.0 Å². The molecule has 6 nitrogen and oxygen atoms in total. The Morgan fingerprint density at radius 3 is 3.18 bits per heavy atom. The van der Waals surface area contributed by atoms with Crippen molar-refractivity contribution >= 4 is 11.5 Å². The Hall–Kier alpha value is -2.37. The van der Waals surface area contributed by atoms with Gasteiger partial charge in [0.15, 0.2) is 5.82 Å². The molecule has 0 aliphatic rings. The number of pyridine rings is 1. The maximum absolute atomic E-state index is 4.67. The fourth-order valence-corrected chi connectivity index (χ4v) is 1.70. The van der Waals surface area contributed by atoms with Crippen LogP contribution in [-0.2, 0) is 6.42 Å². The van der Waals surface area contributed by atoms with Gasteiger partial charge in [-0.25, -0.2) is 4.98 Å². The summed E-state index contributed by atoms with van der Waals surface area (Å²) in [6.45, 7) is 0.747. The number of hydrogen-bond donors (Lipinski definition) is 1. The van der Waals surface area contributed by atoms with Crippen LogP contribution in [0.4, 0.5) is 5.82 Å². The van der Waals surface area contributed by atoms with Crippen LogP contribution in [0.1, 0.15) is 5.82 Å². The van der Waals surface area contributed by atoms with Gasteiger partial charge in [0.2, 0.25) is 6.39 Å². The standard InChI is InChI=1S/C11H11N5O/c1-2-10(16-7-6-13-11(16)3-1)12-5-4-9-14-8-17-15-9/h1-3,6-8,12H,4-5H2. The Balaban J connectivity index is 1.70. The van der Waals surface area contributed by atoms with E-state index >= 15 is 0 Å². The molecule has 3 aromatic rings. The van der Waals surface area contributed by atoms with Crippen molar-refractivity contribution in [3.05, 3.63) is 42.8 Å². The number of fused-ring (bicyclic) bond motifs is 1. The van der Waals surface area contributed by atoms with Crippen molar-refractivity contribution in [2.75, 3.05) is 11.9 Å². The lowest BCUT2D eigenvalue weighted by molar-refractivity contribution is 0.410. The highest BCUT2D eigenvalue weighted by atomic mass is 16.5. The molecule has 3 aromatic heterocycles. The van der Waals surface area contributed by atoms with Crippen molar-refractivity contribution in [2.45, 2.75) is 6.42 Å². The summed E-state index contributed by atoms with van der Waals surface area (Å²) < 4.78 is 6.67. The first kappa shape index (κ1) is 9.83. The predicted octanol–water partition coefficient (Wildman–Crippen LogP) is 1.37. The number of nitrogens with zero attached hydrogens (tertiary/aromatic N) is 4. The van der Waals surface area contributed by atoms with E-state index in [1.54, 1.807) is 6.20 Å². The fraction of sp³-hybridized carbons (Fsp3) is 0.182. The second-order valence-electron chi connectivity index (χ2n) is 3.59. The zero-order valence-corrected chi connectivity index (χ0v) is 9.08. The molecule has 3 heterocycles. The van der Waals surface area contributed by atoms with Crippen LogP contribution in [0.15, 0.2) is 41.5 Å². The van der Waals surface area contributed by atoms with Crippen molar-refractivity contribution in [2.24, 2.45) is 0 Å². The van der Waals surface area contributed by atoms with Crippen LogP contribution < -0.4 is 5.32 Å². The lowest BCUT2D eigenvalue weighted by atomic mass is 10.4. The van der Waals surface area contributed by atoms with Gasteiger partial charge in [0.05, 0.1) is 0 Å². The van der Waals surface area contributed by atoms with Gasteiger partial charge in [-0.3, -0.25) is 4.40 Å². The van der Waals surface area contributed by atoms with Gasteiger partial charge in [-0.05, 0) is 12.1 Å². The van der Waals surface area contributed by atoms with E-state index in [4.69, 9.17) is 0 Å². The van der Waals surface area contributed by atoms with Crippen LogP contribution >= 0.6 is 0 Å². The third-order valence-electron chi connectivity index (χ3n) is 2.49. The van der Waals surface area contributed by atoms with Gasteiger partial charge in [0.25, 0.3) is 0 Å². The first-order valence-corrected chi connectivity index (χ1v) is 5.35. The van der Waals surface area contributed by atoms with Gasteiger partial charge < -0.3 is 9.84 Å². The quantitative estimate of drug-likeness (QED) is 0.731. The number of nitrogens with one attached hydrogen (secondary N) is 1. The van der Waals surface area contributed by atoms with Crippen molar-refractivity contribution in [1.82, 2.24) is 19.5 Å². The van der Waals surface area contributed by atoms with Crippen LogP contribution in [0.5, 0.6) is 0 Å². The van der Waals surface area contributed by atoms with Crippen LogP contribution in [0.3, 0.4) is 0 Å². The molecule has 1 N–H and O–H groups in total. The molecule has 0 radical (unpaired) electrons. The minimum atomic E-state index is 0.704. The molecule has 0 unspecified atom stereocenters. The summed E-state index contributed by atoms with van der Waals surface area (Å²) in [5.74, 6) is 1.71. The van der Waals surface area contributed by atoms with Crippen LogP contribution in [0, 0.1) is 0 Å². The molecule has 0 aliphatic heterocycles. The monoisotopic (exact) mass is 229 g/mol. The number of rotatable bonds is 4. The topological polar surface area (TPSA) is 68.2 Å². The molecule has 0 bridgehead atoms. The average molecular weight is 229 g/mol. The first-order valence-electron chi connectivity index (χ1n) is 5.35. The van der Waals surface area contributed by atoms with Crippen molar-refractivity contribution in [3.8, 4) is 0 Å². The number of anilines is 1. The van der Waals surface area contributed by atoms with Gasteiger partial charge in [-0.15, -0.1) is 0 Å². The zero-order chi connectivity index (χ0) is 11.5. The van der Waals surface area contributed by atoms with Gasteiger partial charge in [0.1, 0.15) is 11.5 Å². The third kappa shape index (κ3) is 1.96. The first-order chi connectivity index (χ1) is 8.43. The Kier molecular flexibility index (Phi) is 2.45. The Labute approximate surface area is 97.3 Å². The highest BCUT2D eigenvalue weighted by molar-refractivity contribution is 5.49. The van der Waals surface area contributed by atoms with E-state index in [9.17, 15) is 0 Å². The van der Waals surface area contributed by atoms with Gasteiger partial charge in [-0.1, -0.05) is 11.2 Å². The maximum atomic E-state index is 4.67. The van der Waals surface area contributed by atoms with E-state index < -0.39 is 0 Å². The molecule has 0 atom stereocenters. The molecule has 0 spiro atoms. The molecule has 0 aliphatic carbocycles. The smallest absolute Gasteiger partial charge is 0.213 e. The van der Waals surface area contributed by atoms with Crippen molar-refractivity contribution in [3.63, 3.8) is 0 Å². The van der Waals surface area contributed by atoms with Crippen molar-refractivity contribution in [1.29, 1.82) is 0 Å². The molecular formula is C11H11N5O. The van der Waals surface area contributed by atoms with Gasteiger partial charge >= 0.3 is 0 Å². The lowest BCUT2D eigenvalue weighted by Crippen LogP contribution is -2.08. The van der Waals surface area contributed by atoms with Crippen LogP contribution in [0.25, 0.3) is 5.65 Å². The summed E-state index contributed by atoms with van der Waals surface area (Å²) >= 11 is 0. The second-order valence-corrected chi connectivity index (χ2v) is 3.59. The molecule has 0 saturated carbocycles. The summed E-state index contributed by atoms with van der Waals surface area (Å²) in [7, 11) is 0. The Morgan fingerprint density at radius 2 is 2.29 bits per heavy atom. The number of imidazole rings is 1. The summed E-state index contributed by atoms with van der Waals surface area (Å²) in [4.78, 5) is 8.18. The minimum absolute atomic E-state index is 0.704. The van der Waals surface area contributed by atoms with Gasteiger partial charge in [-0.2, -0.15) is 4.98 Å². The van der Waals surface area contributed by atoms with E-state index in [0.29, 0.717) is 5.82 Å². The minimum Gasteiger partial charge on any atom is -0.371 e. The van der Waals surface area contributed by atoms with E-state index in [1.807, 2.05) is 28.8 Å². The van der Waals surface area contributed by atoms with Gasteiger partial charge in [0, 0.05) is 25.4 Å². The average Bonchev–Trinajstić information content (AvgIpc) is 2.99. The SMILES string of the molecule is c1cc(NCCc2ncon2)n2ccnc2c1. The Morgan fingerprint density at radius 1 is 1.29 bits per heavy atom. The number of aromatic nitrogens is 4. The summed E-state index contributed by atoms with van der Waals surface area (Å²) in [6.07, 6.45) is 5.76. The largest absolute Gasteiger partial charge is 0.371 e. The molecule has 0 saturated heterocycles. The summed E-state index contributed by atoms with van der Waals surface area (Å²) in [5, 5.41) is 7.07. The van der Waals surface area contributed by atoms with Crippen LogP contribution in [0.2, 0.25) is 0 Å². The Bertz CT molecular complexity index is 601. The molecule has 86 valence electrons. The maximum Gasteiger partial charge on any atom is 0.213 e. The molecule has 17 heavy (non-hydrogen) atoms. The predicted molar refractivity (Wildman–Crippen MR) is 61.7 cm³/mol. The van der Waals surface area contributed by atoms with Crippen molar-refractivity contribution < 1.29 is 4.52 Å². The molecule has 0 amide bonds. The molecule has 0 aromatic carbocycles. The normalized spacial score (nSPS) is 10.8. The molecular weight excluding hydrogens is 218 g/mol. The number of hydrogen-bond acceptors (Lipinski definition) is 5. The summed E-state index contributed by atoms with van der Waals surface area (Å²) in [5.41, 5.74) is 0.926. The summed E-state index contributed by atoms with van der Waals surface area (Å²) in [6, 6.07) is 5.94. The molecule has 3 rings (SSSR count). The zero-order valence-electron chi connectivity index (χ0n) is 9.08. The van der Waals surface area contributed by atoms with E-state index in [1.165, 1.54) is 6.39 Å². The molecule has 0 fully saturated rings. The van der Waals surface area contributed by atoms with Crippen LogP contribution in [-0.4, -0.2) is 26.1 Å². The van der Waals surface area contributed by atoms with E-state index in [-0.39, 0.29) is 0 Å². The fourth-order valence-electron chi connectivity index (χ4n) is 1.70. The van der Waals surface area contributed by atoms with E-state index in [0.717, 1.165) is 24.4 Å². The lowest BCUT2D eigenvalue weighted by Gasteiger charge is -2.07.